The fourth-order valence-corrected chi connectivity index (χ4v) is 9.41. The summed E-state index contributed by atoms with van der Waals surface area (Å²) in [5, 5.41) is 11.9. The molecule has 0 spiro atoms. The third-order valence-electron chi connectivity index (χ3n) is 11.8. The maximum absolute atomic E-state index is 6.96. The lowest BCUT2D eigenvalue weighted by molar-refractivity contribution is 0.671. The fourth-order valence-electron chi connectivity index (χ4n) is 9.41. The molecule has 1 aliphatic heterocycles. The first-order valence-corrected chi connectivity index (χ1v) is 18.9. The lowest BCUT2D eigenvalue weighted by atomic mass is 9.94. The summed E-state index contributed by atoms with van der Waals surface area (Å²) >= 11 is 0. The summed E-state index contributed by atoms with van der Waals surface area (Å²) in [5.41, 5.74) is 10.8. The third-order valence-corrected chi connectivity index (χ3v) is 11.8. The molecule has 11 aromatic rings. The highest BCUT2D eigenvalue weighted by molar-refractivity contribution is 6.38. The van der Waals surface area contributed by atoms with Crippen molar-refractivity contribution in [2.24, 2.45) is 4.99 Å². The quantitative estimate of drug-likeness (QED) is 0.184. The Morgan fingerprint density at radius 1 is 0.491 bits per heavy atom. The SMILES string of the molecule is CN1c2ccccc2C(c2ccccc2)=NC1c1ccc(-n2c3ccc4ccccc4c3c3c4ccccc4c4c5ccccc5oc4c32)c2ccccc12. The predicted octanol–water partition coefficient (Wildman–Crippen LogP) is 13.1. The van der Waals surface area contributed by atoms with Gasteiger partial charge in [-0.15, -0.1) is 0 Å². The molecule has 9 aromatic carbocycles. The minimum absolute atomic E-state index is 0.225. The van der Waals surface area contributed by atoms with Crippen molar-refractivity contribution in [1.82, 2.24) is 4.57 Å². The van der Waals surface area contributed by atoms with Gasteiger partial charge in [0.2, 0.25) is 0 Å². The van der Waals surface area contributed by atoms with E-state index in [0.717, 1.165) is 66.4 Å². The number of hydrogen-bond donors (Lipinski definition) is 0. The van der Waals surface area contributed by atoms with E-state index in [4.69, 9.17) is 9.41 Å². The number of nitrogens with zero attached hydrogens (tertiary/aromatic N) is 3. The van der Waals surface area contributed by atoms with E-state index in [1.807, 2.05) is 0 Å². The van der Waals surface area contributed by atoms with Gasteiger partial charge in [0.15, 0.2) is 5.58 Å². The normalized spacial score (nSPS) is 14.5. The molecule has 0 amide bonds. The molecule has 4 nitrogen and oxygen atoms in total. The Balaban J connectivity index is 1.21. The number of para-hydroxylation sites is 2. The number of benzene rings is 9. The van der Waals surface area contributed by atoms with Gasteiger partial charge in [0.25, 0.3) is 0 Å². The molecule has 4 heteroatoms. The van der Waals surface area contributed by atoms with Crippen LogP contribution in [0.25, 0.3) is 81.7 Å². The van der Waals surface area contributed by atoms with Crippen molar-refractivity contribution in [3.63, 3.8) is 0 Å². The molecule has 0 radical (unpaired) electrons. The summed E-state index contributed by atoms with van der Waals surface area (Å²) in [4.78, 5) is 7.86. The van der Waals surface area contributed by atoms with Crippen LogP contribution in [0.4, 0.5) is 5.69 Å². The van der Waals surface area contributed by atoms with Crippen molar-refractivity contribution in [3.8, 4) is 5.69 Å². The largest absolute Gasteiger partial charge is 0.454 e. The first kappa shape index (κ1) is 30.3. The first-order valence-electron chi connectivity index (χ1n) is 18.9. The number of anilines is 1. The summed E-state index contributed by atoms with van der Waals surface area (Å²) < 4.78 is 9.44. The Bertz CT molecular complexity index is 3410. The van der Waals surface area contributed by atoms with E-state index in [1.165, 1.54) is 43.4 Å². The Morgan fingerprint density at radius 3 is 1.98 bits per heavy atom. The summed E-state index contributed by atoms with van der Waals surface area (Å²) in [5.74, 6) is 0. The van der Waals surface area contributed by atoms with Crippen LogP contribution in [0.5, 0.6) is 0 Å². The molecule has 1 atom stereocenters. The van der Waals surface area contributed by atoms with Crippen molar-refractivity contribution >= 4 is 87.5 Å². The van der Waals surface area contributed by atoms with Crippen LogP contribution in [0.1, 0.15) is 22.9 Å². The van der Waals surface area contributed by atoms with Gasteiger partial charge in [-0.05, 0) is 51.2 Å². The molecular weight excluding hydrogens is 671 g/mol. The van der Waals surface area contributed by atoms with Gasteiger partial charge in [-0.1, -0.05) is 152 Å². The minimum atomic E-state index is -0.225. The van der Waals surface area contributed by atoms with Gasteiger partial charge in [-0.25, -0.2) is 0 Å². The molecule has 0 fully saturated rings. The van der Waals surface area contributed by atoms with Crippen LogP contribution in [0.3, 0.4) is 0 Å². The van der Waals surface area contributed by atoms with Crippen LogP contribution in [0, 0.1) is 0 Å². The standard InChI is InChI=1S/C51H33N3O/c1-53-41-25-13-11-23-39(41)48(32-16-3-2-4-17-32)52-51(53)38-28-30-42(35-20-8-7-19-34(35)38)54-43-29-27-31-15-5-6-18-33(31)46(43)47-37-22-10-9-21-36(37)45-40-24-12-14-26-44(40)55-50(45)49(47)54/h2-30,51H,1H3. The molecule has 0 N–H and O–H groups in total. The topological polar surface area (TPSA) is 33.7 Å². The van der Waals surface area contributed by atoms with Crippen LogP contribution in [-0.4, -0.2) is 17.3 Å². The molecule has 55 heavy (non-hydrogen) atoms. The average Bonchev–Trinajstić information content (AvgIpc) is 3.81. The molecule has 258 valence electrons. The van der Waals surface area contributed by atoms with Crippen LogP contribution >= 0.6 is 0 Å². The molecule has 0 saturated heterocycles. The smallest absolute Gasteiger partial charge is 0.160 e. The van der Waals surface area contributed by atoms with Crippen molar-refractivity contribution in [2.75, 3.05) is 11.9 Å². The first-order chi connectivity index (χ1) is 27.2. The van der Waals surface area contributed by atoms with Crippen molar-refractivity contribution in [2.45, 2.75) is 6.17 Å². The highest BCUT2D eigenvalue weighted by Gasteiger charge is 2.30. The molecule has 1 unspecified atom stereocenters. The summed E-state index contributed by atoms with van der Waals surface area (Å²) in [6.07, 6.45) is -0.225. The molecule has 2 aromatic heterocycles. The maximum Gasteiger partial charge on any atom is 0.160 e. The molecule has 3 heterocycles. The zero-order valence-corrected chi connectivity index (χ0v) is 30.1. The Morgan fingerprint density at radius 2 is 1.15 bits per heavy atom. The number of fused-ring (bicyclic) bond motifs is 14. The second-order valence-corrected chi connectivity index (χ2v) is 14.7. The van der Waals surface area contributed by atoms with Crippen LogP contribution < -0.4 is 4.90 Å². The molecule has 1 aliphatic rings. The van der Waals surface area contributed by atoms with Gasteiger partial charge in [0.05, 0.1) is 22.4 Å². The highest BCUT2D eigenvalue weighted by Crippen LogP contribution is 2.48. The van der Waals surface area contributed by atoms with E-state index in [9.17, 15) is 0 Å². The van der Waals surface area contributed by atoms with E-state index in [1.54, 1.807) is 0 Å². The number of hydrogen-bond acceptors (Lipinski definition) is 3. The van der Waals surface area contributed by atoms with Gasteiger partial charge in [0, 0.05) is 56.4 Å². The zero-order chi connectivity index (χ0) is 36.2. The summed E-state index contributed by atoms with van der Waals surface area (Å²) in [6.45, 7) is 0. The zero-order valence-electron chi connectivity index (χ0n) is 30.1. The Hall–Kier alpha value is -7.17. The van der Waals surface area contributed by atoms with Crippen molar-refractivity contribution in [1.29, 1.82) is 0 Å². The Kier molecular flexibility index (Phi) is 6.29. The molecule has 0 saturated carbocycles. The van der Waals surface area contributed by atoms with Gasteiger partial charge in [0.1, 0.15) is 11.7 Å². The monoisotopic (exact) mass is 703 g/mol. The predicted molar refractivity (Wildman–Crippen MR) is 230 cm³/mol. The number of aliphatic imine (C=N–C) groups is 1. The van der Waals surface area contributed by atoms with Gasteiger partial charge >= 0.3 is 0 Å². The van der Waals surface area contributed by atoms with E-state index in [0.29, 0.717) is 0 Å². The minimum Gasteiger partial charge on any atom is -0.454 e. The van der Waals surface area contributed by atoms with Gasteiger partial charge in [-0.2, -0.15) is 0 Å². The van der Waals surface area contributed by atoms with E-state index in [2.05, 4.69) is 192 Å². The maximum atomic E-state index is 6.96. The second-order valence-electron chi connectivity index (χ2n) is 14.7. The average molecular weight is 704 g/mol. The van der Waals surface area contributed by atoms with E-state index >= 15 is 0 Å². The van der Waals surface area contributed by atoms with Crippen LogP contribution in [0.2, 0.25) is 0 Å². The molecule has 0 aliphatic carbocycles. The third kappa shape index (κ3) is 4.19. The summed E-state index contributed by atoms with van der Waals surface area (Å²) in [6, 6.07) is 63.2. The number of aromatic nitrogens is 1. The fraction of sp³-hybridized carbons (Fsp3) is 0.0392. The van der Waals surface area contributed by atoms with E-state index < -0.39 is 0 Å². The molecule has 12 rings (SSSR count). The Labute approximate surface area is 316 Å². The second kappa shape index (κ2) is 11.4. The number of furan rings is 1. The molecular formula is C51H33N3O. The van der Waals surface area contributed by atoms with Gasteiger partial charge in [-0.3, -0.25) is 4.99 Å². The van der Waals surface area contributed by atoms with Crippen LogP contribution in [-0.2, 0) is 0 Å². The summed E-state index contributed by atoms with van der Waals surface area (Å²) in [7, 11) is 2.17. The van der Waals surface area contributed by atoms with Crippen LogP contribution in [0.15, 0.2) is 185 Å². The van der Waals surface area contributed by atoms with Crippen molar-refractivity contribution in [3.05, 3.63) is 193 Å². The van der Waals surface area contributed by atoms with Crippen molar-refractivity contribution < 1.29 is 4.42 Å². The lowest BCUT2D eigenvalue weighted by Crippen LogP contribution is -2.30. The molecule has 0 bridgehead atoms. The highest BCUT2D eigenvalue weighted by atomic mass is 16.3. The number of rotatable bonds is 3. The van der Waals surface area contributed by atoms with E-state index in [-0.39, 0.29) is 6.17 Å². The lowest BCUT2D eigenvalue weighted by Gasteiger charge is -2.35. The van der Waals surface area contributed by atoms with Gasteiger partial charge < -0.3 is 13.9 Å².